The maximum atomic E-state index is 9.75. The van der Waals surface area contributed by atoms with Crippen molar-refractivity contribution < 1.29 is 44.7 Å². The predicted octanol–water partition coefficient (Wildman–Crippen LogP) is 1.05. The van der Waals surface area contributed by atoms with E-state index in [0.29, 0.717) is 0 Å². The summed E-state index contributed by atoms with van der Waals surface area (Å²) in [7, 11) is -12.0. The highest BCUT2D eigenvalue weighted by Gasteiger charge is 2.21. The molecule has 0 spiro atoms. The zero-order chi connectivity index (χ0) is 16.1. The van der Waals surface area contributed by atoms with Gasteiger partial charge in [0.2, 0.25) is 12.4 Å². The Kier molecular flexibility index (Phi) is 10.8. The molecule has 2 rings (SSSR count). The monoisotopic (exact) mass is 314 g/mol. The van der Waals surface area contributed by atoms with Crippen LogP contribution in [0, 0.1) is 0 Å². The van der Waals surface area contributed by atoms with Crippen LogP contribution in [0.15, 0.2) is 24.8 Å². The third-order valence-corrected chi connectivity index (χ3v) is 0.723. The van der Waals surface area contributed by atoms with Gasteiger partial charge in [0, 0.05) is 10.2 Å². The molecule has 0 aromatic carbocycles. The van der Waals surface area contributed by atoms with E-state index in [1.54, 1.807) is 24.8 Å². The van der Waals surface area contributed by atoms with Crippen molar-refractivity contribution in [1.29, 1.82) is 0 Å². The molecule has 2 heterocycles. The molecule has 0 amide bonds. The number of nitrogens with one attached hydrogen (secondary N) is 4. The molecule has 2 aromatic heterocycles. The molecule has 4 N–H and O–H groups in total. The minimum atomic E-state index is -6.00. The van der Waals surface area contributed by atoms with Gasteiger partial charge in [0.1, 0.15) is 0 Å². The number of aromatic nitrogens is 6. The maximum Gasteiger partial charge on any atom is 0.673 e. The highest BCUT2D eigenvalue weighted by Crippen LogP contribution is 2.07. The summed E-state index contributed by atoms with van der Waals surface area (Å²) in [6.07, 6.45) is 6.69. The molecule has 0 saturated heterocycles. The molecule has 0 atom stereocenters. The van der Waals surface area contributed by atoms with Crippen molar-refractivity contribution in [2.24, 2.45) is 0 Å². The van der Waals surface area contributed by atoms with Gasteiger partial charge < -0.3 is 34.5 Å². The standard InChI is InChI=1S/2C2H3N3.2BF4/c2*1-2-4-5-3-1;2*2-1(3,4)5/h2*1-2H,(H,3,4,5);;/q;;2*-1/p+2. The van der Waals surface area contributed by atoms with Gasteiger partial charge in [-0.05, 0) is 0 Å². The fourth-order valence-corrected chi connectivity index (χ4v) is 0.373. The lowest BCUT2D eigenvalue weighted by molar-refractivity contribution is -0.455. The molecule has 0 aliphatic heterocycles. The smallest absolute Gasteiger partial charge is 0.418 e. The van der Waals surface area contributed by atoms with Gasteiger partial charge in [-0.15, -0.1) is 0 Å². The van der Waals surface area contributed by atoms with Crippen molar-refractivity contribution >= 4 is 14.5 Å². The third kappa shape index (κ3) is 56.7. The highest BCUT2D eigenvalue weighted by atomic mass is 19.5. The van der Waals surface area contributed by atoms with E-state index in [-0.39, 0.29) is 0 Å². The molecule has 0 saturated carbocycles. The largest absolute Gasteiger partial charge is 0.673 e. The highest BCUT2D eigenvalue weighted by molar-refractivity contribution is 6.50. The quantitative estimate of drug-likeness (QED) is 0.562. The SMILES string of the molecule is F[B-](F)(F)F.F[B-](F)(F)F.c1c[nH+][nH]n1.c1c[nH+][nH]n1. The summed E-state index contributed by atoms with van der Waals surface area (Å²) in [5, 5.41) is 17.3. The van der Waals surface area contributed by atoms with Crippen molar-refractivity contribution in [2.45, 2.75) is 0 Å². The lowest BCUT2D eigenvalue weighted by Gasteiger charge is -1.94. The van der Waals surface area contributed by atoms with E-state index in [0.717, 1.165) is 0 Å². The Balaban J connectivity index is 0. The zero-order valence-corrected chi connectivity index (χ0v) is 9.38. The van der Waals surface area contributed by atoms with E-state index in [2.05, 4.69) is 30.8 Å². The van der Waals surface area contributed by atoms with Crippen LogP contribution in [-0.4, -0.2) is 35.1 Å². The van der Waals surface area contributed by atoms with E-state index >= 15 is 0 Å². The predicted molar refractivity (Wildman–Crippen MR) is 50.7 cm³/mol. The number of rotatable bonds is 0. The number of halogens is 8. The molecule has 0 aliphatic rings. The van der Waals surface area contributed by atoms with Gasteiger partial charge in [-0.2, -0.15) is 10.2 Å². The lowest BCUT2D eigenvalue weighted by atomic mass is 10.3. The summed E-state index contributed by atoms with van der Waals surface area (Å²) in [5.74, 6) is 0. The molecule has 2 aromatic rings. The van der Waals surface area contributed by atoms with Crippen LogP contribution >= 0.6 is 0 Å². The number of aromatic amines is 4. The van der Waals surface area contributed by atoms with Crippen LogP contribution < -0.4 is 10.2 Å². The third-order valence-electron chi connectivity index (χ3n) is 0.723. The second kappa shape index (κ2) is 10.7. The lowest BCUT2D eigenvalue weighted by Crippen LogP contribution is -2.02. The van der Waals surface area contributed by atoms with Crippen LogP contribution in [-0.2, 0) is 0 Å². The molecule has 6 nitrogen and oxygen atoms in total. The number of nitrogens with zero attached hydrogens (tertiary/aromatic N) is 2. The van der Waals surface area contributed by atoms with Crippen LogP contribution in [0.25, 0.3) is 0 Å². The zero-order valence-electron chi connectivity index (χ0n) is 9.38. The Morgan fingerprint density at radius 1 is 0.650 bits per heavy atom. The summed E-state index contributed by atoms with van der Waals surface area (Å²) >= 11 is 0. The van der Waals surface area contributed by atoms with E-state index in [1.165, 1.54) is 0 Å². The second-order valence-electron chi connectivity index (χ2n) is 2.39. The Morgan fingerprint density at radius 3 is 0.950 bits per heavy atom. The van der Waals surface area contributed by atoms with Crippen molar-refractivity contribution in [1.82, 2.24) is 20.6 Å². The van der Waals surface area contributed by atoms with Crippen molar-refractivity contribution in [3.8, 4) is 0 Å². The molecule has 0 unspecified atom stereocenters. The summed E-state index contributed by atoms with van der Waals surface area (Å²) in [6, 6.07) is 0. The summed E-state index contributed by atoms with van der Waals surface area (Å²) in [5.41, 5.74) is 0. The molecule has 0 bridgehead atoms. The Bertz CT molecular complexity index is 288. The van der Waals surface area contributed by atoms with Crippen molar-refractivity contribution in [2.75, 3.05) is 0 Å². The first kappa shape index (κ1) is 20.2. The van der Waals surface area contributed by atoms with E-state index < -0.39 is 14.5 Å². The Hall–Kier alpha value is -2.15. The Morgan fingerprint density at radius 2 is 0.900 bits per heavy atom. The van der Waals surface area contributed by atoms with Gasteiger partial charge in [0.05, 0.1) is 0 Å². The first-order valence-corrected chi connectivity index (χ1v) is 4.45. The molecule has 116 valence electrons. The minimum Gasteiger partial charge on any atom is -0.418 e. The van der Waals surface area contributed by atoms with Crippen LogP contribution in [0.4, 0.5) is 34.5 Å². The van der Waals surface area contributed by atoms with E-state index in [1.807, 2.05) is 0 Å². The van der Waals surface area contributed by atoms with E-state index in [4.69, 9.17) is 0 Å². The van der Waals surface area contributed by atoms with Crippen LogP contribution in [0.2, 0.25) is 0 Å². The maximum absolute atomic E-state index is 9.75. The molecular weight excluding hydrogens is 306 g/mol. The first-order chi connectivity index (χ1) is 9.00. The second-order valence-corrected chi connectivity index (χ2v) is 2.39. The van der Waals surface area contributed by atoms with Crippen LogP contribution in [0.3, 0.4) is 0 Å². The summed E-state index contributed by atoms with van der Waals surface area (Å²) < 4.78 is 78.0. The van der Waals surface area contributed by atoms with E-state index in [9.17, 15) is 34.5 Å². The molecule has 16 heteroatoms. The summed E-state index contributed by atoms with van der Waals surface area (Å²) in [4.78, 5) is 0. The normalized spacial score (nSPS) is 10.0. The van der Waals surface area contributed by atoms with Gasteiger partial charge in [-0.25, -0.2) is 0 Å². The molecule has 0 aliphatic carbocycles. The topological polar surface area (TPSA) is 85.6 Å². The minimum absolute atomic E-state index is 1.64. The molecule has 0 radical (unpaired) electrons. The molecular formula is C4H8B2F8N6. The average Bonchev–Trinajstić information content (AvgIpc) is 2.92. The van der Waals surface area contributed by atoms with Crippen molar-refractivity contribution in [3.05, 3.63) is 24.8 Å². The fraction of sp³-hybridized carbons (Fsp3) is 0. The molecule has 0 fully saturated rings. The van der Waals surface area contributed by atoms with Crippen LogP contribution in [0.5, 0.6) is 0 Å². The van der Waals surface area contributed by atoms with Gasteiger partial charge in [0.25, 0.3) is 0 Å². The summed E-state index contributed by atoms with van der Waals surface area (Å²) in [6.45, 7) is 0. The Labute approximate surface area is 106 Å². The first-order valence-electron chi connectivity index (χ1n) is 4.45. The van der Waals surface area contributed by atoms with Crippen molar-refractivity contribution in [3.63, 3.8) is 0 Å². The van der Waals surface area contributed by atoms with Gasteiger partial charge in [-0.1, -0.05) is 10.4 Å². The number of H-pyrrole nitrogens is 4. The fourth-order valence-electron chi connectivity index (χ4n) is 0.373. The van der Waals surface area contributed by atoms with Gasteiger partial charge >= 0.3 is 14.5 Å². The number of hydrogen-bond donors (Lipinski definition) is 2. The average molecular weight is 314 g/mol. The molecule has 20 heavy (non-hydrogen) atoms. The van der Waals surface area contributed by atoms with Gasteiger partial charge in [-0.3, -0.25) is 0 Å². The van der Waals surface area contributed by atoms with Crippen LogP contribution in [0.1, 0.15) is 0 Å². The van der Waals surface area contributed by atoms with Gasteiger partial charge in [0.15, 0.2) is 12.4 Å². The number of hydrogen-bond acceptors (Lipinski definition) is 2.